The average Bonchev–Trinajstić information content (AvgIpc) is 2.66. The summed E-state index contributed by atoms with van der Waals surface area (Å²) in [5, 5.41) is 0. The molecule has 0 aromatic carbocycles. The summed E-state index contributed by atoms with van der Waals surface area (Å²) in [7, 11) is -3.06. The Kier molecular flexibility index (Phi) is 3.60. The van der Waals surface area contributed by atoms with Crippen molar-refractivity contribution in [3.05, 3.63) is 0 Å². The maximum absolute atomic E-state index is 11.4. The topological polar surface area (TPSA) is 46.2 Å². The number of hydrogen-bond acceptors (Lipinski definition) is 2. The number of rotatable bonds is 6. The third-order valence-electron chi connectivity index (χ3n) is 2.20. The van der Waals surface area contributed by atoms with Gasteiger partial charge in [-0.3, -0.25) is 0 Å². The van der Waals surface area contributed by atoms with E-state index < -0.39 is 10.0 Å². The first-order valence-electron chi connectivity index (χ1n) is 4.55. The lowest BCUT2D eigenvalue weighted by Crippen LogP contribution is -2.35. The molecule has 78 valence electrons. The van der Waals surface area contributed by atoms with Crippen molar-refractivity contribution < 1.29 is 8.42 Å². The first-order valence-corrected chi connectivity index (χ1v) is 6.74. The maximum atomic E-state index is 11.4. The standard InChI is InChI=1S/C8H16ClNO2S/c1-8(4-5-8)10-13(11,12)7-3-2-6-9/h10H,2-7H2,1H3. The van der Waals surface area contributed by atoms with E-state index in [0.29, 0.717) is 12.3 Å². The van der Waals surface area contributed by atoms with E-state index in [-0.39, 0.29) is 11.3 Å². The lowest BCUT2D eigenvalue weighted by molar-refractivity contribution is 0.555. The molecule has 0 heterocycles. The predicted molar refractivity (Wildman–Crippen MR) is 54.5 cm³/mol. The van der Waals surface area contributed by atoms with Crippen LogP contribution in [-0.4, -0.2) is 25.6 Å². The molecule has 0 bridgehead atoms. The average molecular weight is 226 g/mol. The molecule has 1 aliphatic carbocycles. The Morgan fingerprint density at radius 3 is 2.46 bits per heavy atom. The van der Waals surface area contributed by atoms with Crippen LogP contribution < -0.4 is 4.72 Å². The van der Waals surface area contributed by atoms with E-state index in [4.69, 9.17) is 11.6 Å². The van der Waals surface area contributed by atoms with Crippen LogP contribution in [0.5, 0.6) is 0 Å². The number of halogens is 1. The summed E-state index contributed by atoms with van der Waals surface area (Å²) in [5.41, 5.74) is -0.139. The summed E-state index contributed by atoms with van der Waals surface area (Å²) in [4.78, 5) is 0. The van der Waals surface area contributed by atoms with E-state index in [1.165, 1.54) is 0 Å². The molecule has 0 amide bonds. The van der Waals surface area contributed by atoms with Crippen molar-refractivity contribution in [3.63, 3.8) is 0 Å². The Hall–Kier alpha value is 0.200. The highest BCUT2D eigenvalue weighted by Crippen LogP contribution is 2.35. The fourth-order valence-electron chi connectivity index (χ4n) is 1.10. The molecule has 1 fully saturated rings. The highest BCUT2D eigenvalue weighted by Gasteiger charge is 2.40. The van der Waals surface area contributed by atoms with E-state index in [1.807, 2.05) is 6.92 Å². The highest BCUT2D eigenvalue weighted by atomic mass is 35.5. The smallest absolute Gasteiger partial charge is 0.212 e. The summed E-state index contributed by atoms with van der Waals surface area (Å²) < 4.78 is 25.5. The quantitative estimate of drug-likeness (QED) is 0.550. The molecule has 0 aliphatic heterocycles. The zero-order chi connectivity index (χ0) is 9.95. The van der Waals surface area contributed by atoms with Gasteiger partial charge in [-0.25, -0.2) is 13.1 Å². The second-order valence-corrected chi connectivity index (χ2v) is 6.10. The molecule has 3 nitrogen and oxygen atoms in total. The normalized spacial score (nSPS) is 20.2. The second kappa shape index (κ2) is 4.15. The molecule has 0 unspecified atom stereocenters. The van der Waals surface area contributed by atoms with Crippen molar-refractivity contribution >= 4 is 21.6 Å². The highest BCUT2D eigenvalue weighted by molar-refractivity contribution is 7.89. The van der Waals surface area contributed by atoms with E-state index >= 15 is 0 Å². The van der Waals surface area contributed by atoms with E-state index in [0.717, 1.165) is 19.3 Å². The van der Waals surface area contributed by atoms with Crippen molar-refractivity contribution in [3.8, 4) is 0 Å². The first kappa shape index (κ1) is 11.3. The van der Waals surface area contributed by atoms with Crippen molar-refractivity contribution in [2.24, 2.45) is 0 Å². The van der Waals surface area contributed by atoms with Gasteiger partial charge in [-0.05, 0) is 32.6 Å². The molecule has 0 aromatic rings. The molecule has 5 heteroatoms. The monoisotopic (exact) mass is 225 g/mol. The zero-order valence-corrected chi connectivity index (χ0v) is 9.42. The van der Waals surface area contributed by atoms with Crippen LogP contribution in [0.2, 0.25) is 0 Å². The van der Waals surface area contributed by atoms with Crippen molar-refractivity contribution in [1.29, 1.82) is 0 Å². The van der Waals surface area contributed by atoms with Gasteiger partial charge in [0, 0.05) is 11.4 Å². The zero-order valence-electron chi connectivity index (χ0n) is 7.85. The van der Waals surface area contributed by atoms with Gasteiger partial charge in [-0.15, -0.1) is 11.6 Å². The van der Waals surface area contributed by atoms with Crippen LogP contribution in [0.4, 0.5) is 0 Å². The number of nitrogens with one attached hydrogen (secondary N) is 1. The van der Waals surface area contributed by atoms with E-state index in [2.05, 4.69) is 4.72 Å². The van der Waals surface area contributed by atoms with Crippen molar-refractivity contribution in [1.82, 2.24) is 4.72 Å². The predicted octanol–water partition coefficient (Wildman–Crippen LogP) is 1.48. The third-order valence-corrected chi connectivity index (χ3v) is 4.10. The fourth-order valence-corrected chi connectivity index (χ4v) is 2.93. The Bertz CT molecular complexity index is 259. The Morgan fingerprint density at radius 1 is 1.38 bits per heavy atom. The number of hydrogen-bond donors (Lipinski definition) is 1. The van der Waals surface area contributed by atoms with Crippen LogP contribution in [0.25, 0.3) is 0 Å². The van der Waals surface area contributed by atoms with Gasteiger partial charge < -0.3 is 0 Å². The van der Waals surface area contributed by atoms with Gasteiger partial charge in [-0.2, -0.15) is 0 Å². The fraction of sp³-hybridized carbons (Fsp3) is 1.00. The number of sulfonamides is 1. The molecule has 1 rings (SSSR count). The summed E-state index contributed by atoms with van der Waals surface area (Å²) >= 11 is 5.46. The SMILES string of the molecule is CC1(NS(=O)(=O)CCCCCl)CC1. The van der Waals surface area contributed by atoms with E-state index in [1.54, 1.807) is 0 Å². The van der Waals surface area contributed by atoms with Crippen LogP contribution in [0.15, 0.2) is 0 Å². The molecule has 0 atom stereocenters. The van der Waals surface area contributed by atoms with Gasteiger partial charge in [0.25, 0.3) is 0 Å². The summed E-state index contributed by atoms with van der Waals surface area (Å²) in [5.74, 6) is 0.738. The van der Waals surface area contributed by atoms with Crippen LogP contribution in [0.3, 0.4) is 0 Å². The molecule has 1 saturated carbocycles. The molecule has 0 saturated heterocycles. The minimum absolute atomic E-state index is 0.139. The molecule has 0 spiro atoms. The Labute approximate surface area is 84.9 Å². The molecule has 0 aromatic heterocycles. The summed E-state index contributed by atoms with van der Waals surface area (Å²) in [6, 6.07) is 0. The van der Waals surface area contributed by atoms with Gasteiger partial charge in [0.1, 0.15) is 0 Å². The minimum Gasteiger partial charge on any atom is -0.212 e. The Balaban J connectivity index is 2.29. The molecular weight excluding hydrogens is 210 g/mol. The van der Waals surface area contributed by atoms with Gasteiger partial charge in [0.2, 0.25) is 10.0 Å². The molecular formula is C8H16ClNO2S. The number of alkyl halides is 1. The molecule has 1 N–H and O–H groups in total. The third kappa shape index (κ3) is 4.29. The Morgan fingerprint density at radius 2 is 2.00 bits per heavy atom. The largest absolute Gasteiger partial charge is 0.212 e. The lowest BCUT2D eigenvalue weighted by atomic mass is 10.4. The summed E-state index contributed by atoms with van der Waals surface area (Å²) in [6.45, 7) is 1.94. The molecule has 1 aliphatic rings. The maximum Gasteiger partial charge on any atom is 0.212 e. The van der Waals surface area contributed by atoms with Crippen LogP contribution in [-0.2, 0) is 10.0 Å². The van der Waals surface area contributed by atoms with Crippen molar-refractivity contribution in [2.75, 3.05) is 11.6 Å². The number of unbranched alkanes of at least 4 members (excludes halogenated alkanes) is 1. The summed E-state index contributed by atoms with van der Waals surface area (Å²) in [6.07, 6.45) is 3.33. The van der Waals surface area contributed by atoms with Gasteiger partial charge in [0.05, 0.1) is 5.75 Å². The molecule has 13 heavy (non-hydrogen) atoms. The van der Waals surface area contributed by atoms with Crippen LogP contribution in [0, 0.1) is 0 Å². The lowest BCUT2D eigenvalue weighted by Gasteiger charge is -2.11. The van der Waals surface area contributed by atoms with Gasteiger partial charge in [0.15, 0.2) is 0 Å². The van der Waals surface area contributed by atoms with Gasteiger partial charge in [-0.1, -0.05) is 0 Å². The molecule has 0 radical (unpaired) electrons. The van der Waals surface area contributed by atoms with Crippen LogP contribution >= 0.6 is 11.6 Å². The van der Waals surface area contributed by atoms with Crippen LogP contribution in [0.1, 0.15) is 32.6 Å². The van der Waals surface area contributed by atoms with E-state index in [9.17, 15) is 8.42 Å². The van der Waals surface area contributed by atoms with Crippen molar-refractivity contribution in [2.45, 2.75) is 38.1 Å². The van der Waals surface area contributed by atoms with Gasteiger partial charge >= 0.3 is 0 Å². The first-order chi connectivity index (χ1) is 5.97. The minimum atomic E-state index is -3.06. The second-order valence-electron chi connectivity index (χ2n) is 3.88.